The number of carbonyl (C=O) groups excluding carboxylic acids is 1. The Balaban J connectivity index is 1.89. The van der Waals surface area contributed by atoms with Crippen LogP contribution in [0, 0.1) is 6.92 Å². The molecule has 0 saturated carbocycles. The first-order chi connectivity index (χ1) is 12.1. The third-order valence-corrected chi connectivity index (χ3v) is 3.89. The predicted octanol–water partition coefficient (Wildman–Crippen LogP) is 4.28. The van der Waals surface area contributed by atoms with E-state index in [1.54, 1.807) is 62.6 Å². The zero-order valence-electron chi connectivity index (χ0n) is 13.6. The molecular weight excluding hydrogens is 342 g/mol. The summed E-state index contributed by atoms with van der Waals surface area (Å²) in [6.45, 7) is 3.36. The largest absolute Gasteiger partial charge is 0.371 e. The minimum atomic E-state index is -0.665. The Kier molecular flexibility index (Phi) is 4.90. The number of halogens is 1. The molecule has 0 unspecified atom stereocenters. The van der Waals surface area contributed by atoms with Gasteiger partial charge in [0.25, 0.3) is 0 Å². The molecule has 6 nitrogen and oxygen atoms in total. The summed E-state index contributed by atoms with van der Waals surface area (Å²) in [4.78, 5) is 21.5. The van der Waals surface area contributed by atoms with Crippen molar-refractivity contribution in [2.24, 2.45) is 5.16 Å². The lowest BCUT2D eigenvalue weighted by Gasteiger charge is -2.03. The monoisotopic (exact) mass is 355 g/mol. The number of aryl methyl sites for hydroxylation is 1. The zero-order chi connectivity index (χ0) is 17.8. The number of aromatic nitrogens is 2. The van der Waals surface area contributed by atoms with E-state index < -0.39 is 5.97 Å². The number of rotatable bonds is 4. The number of hydrogen-bond donors (Lipinski definition) is 0. The lowest BCUT2D eigenvalue weighted by atomic mass is 10.1. The molecule has 0 N–H and O–H groups in total. The van der Waals surface area contributed by atoms with Crippen LogP contribution in [0.2, 0.25) is 5.02 Å². The fraction of sp³-hybridized carbons (Fsp3) is 0.111. The van der Waals surface area contributed by atoms with Gasteiger partial charge in [0.05, 0.1) is 10.7 Å². The van der Waals surface area contributed by atoms with E-state index in [1.165, 1.54) is 0 Å². The molecule has 0 aliphatic heterocycles. The first-order valence-electron chi connectivity index (χ1n) is 7.45. The molecule has 25 heavy (non-hydrogen) atoms. The summed E-state index contributed by atoms with van der Waals surface area (Å²) in [5.74, 6) is -0.334. The number of oxime groups is 1. The van der Waals surface area contributed by atoms with Crippen LogP contribution in [0.15, 0.2) is 58.5 Å². The van der Waals surface area contributed by atoms with Gasteiger partial charge in [0, 0.05) is 23.5 Å². The second-order valence-electron chi connectivity index (χ2n) is 5.23. The number of pyridine rings is 1. The highest BCUT2D eigenvalue weighted by Crippen LogP contribution is 2.31. The first kappa shape index (κ1) is 16.9. The SMILES string of the molecule is C/C(=N/OC(=O)c1c(-c2ccccc2Cl)noc1C)c1ccncc1. The van der Waals surface area contributed by atoms with Crippen molar-refractivity contribution in [1.82, 2.24) is 10.1 Å². The molecule has 0 saturated heterocycles. The predicted molar refractivity (Wildman–Crippen MR) is 93.5 cm³/mol. The summed E-state index contributed by atoms with van der Waals surface area (Å²) in [6.07, 6.45) is 3.27. The lowest BCUT2D eigenvalue weighted by Crippen LogP contribution is -2.06. The van der Waals surface area contributed by atoms with Gasteiger partial charge in [0.2, 0.25) is 0 Å². The summed E-state index contributed by atoms with van der Waals surface area (Å²) in [5.41, 5.74) is 2.45. The standard InChI is InChI=1S/C18H14ClN3O3/c1-11(13-7-9-20-10-8-13)21-25-18(23)16-12(2)24-22-17(16)14-5-3-4-6-15(14)19/h3-10H,1-2H3/b21-11-. The molecule has 2 aromatic heterocycles. The van der Waals surface area contributed by atoms with Crippen molar-refractivity contribution in [3.05, 3.63) is 70.7 Å². The molecule has 0 bridgehead atoms. The fourth-order valence-corrected chi connectivity index (χ4v) is 2.48. The summed E-state index contributed by atoms with van der Waals surface area (Å²) in [7, 11) is 0. The Hall–Kier alpha value is -2.99. The average Bonchev–Trinajstić information content (AvgIpc) is 3.02. The molecule has 0 amide bonds. The quantitative estimate of drug-likeness (QED) is 0.396. The van der Waals surface area contributed by atoms with Crippen molar-refractivity contribution >= 4 is 23.3 Å². The van der Waals surface area contributed by atoms with Crippen molar-refractivity contribution < 1.29 is 14.2 Å². The minimum absolute atomic E-state index is 0.194. The van der Waals surface area contributed by atoms with Crippen LogP contribution >= 0.6 is 11.6 Å². The Morgan fingerprint density at radius 2 is 1.92 bits per heavy atom. The second kappa shape index (κ2) is 7.27. The number of hydrogen-bond acceptors (Lipinski definition) is 6. The van der Waals surface area contributed by atoms with Gasteiger partial charge in [0.1, 0.15) is 17.0 Å². The van der Waals surface area contributed by atoms with E-state index in [2.05, 4.69) is 15.3 Å². The van der Waals surface area contributed by atoms with Crippen LogP contribution in [-0.2, 0) is 4.84 Å². The van der Waals surface area contributed by atoms with Gasteiger partial charge in [0.15, 0.2) is 0 Å². The maximum atomic E-state index is 12.5. The number of nitrogens with zero attached hydrogens (tertiary/aromatic N) is 3. The molecule has 2 heterocycles. The van der Waals surface area contributed by atoms with E-state index in [-0.39, 0.29) is 5.56 Å². The molecule has 1 aromatic carbocycles. The van der Waals surface area contributed by atoms with Crippen molar-refractivity contribution in [2.75, 3.05) is 0 Å². The second-order valence-corrected chi connectivity index (χ2v) is 5.64. The highest BCUT2D eigenvalue weighted by Gasteiger charge is 2.24. The smallest absolute Gasteiger partial charge is 0.360 e. The normalized spacial score (nSPS) is 11.4. The van der Waals surface area contributed by atoms with Gasteiger partial charge in [-0.3, -0.25) is 4.98 Å². The van der Waals surface area contributed by atoms with Crippen molar-refractivity contribution in [2.45, 2.75) is 13.8 Å². The Morgan fingerprint density at radius 1 is 1.20 bits per heavy atom. The van der Waals surface area contributed by atoms with E-state index >= 15 is 0 Å². The van der Waals surface area contributed by atoms with E-state index in [0.717, 1.165) is 5.56 Å². The van der Waals surface area contributed by atoms with Gasteiger partial charge < -0.3 is 9.36 Å². The molecule has 0 spiro atoms. The topological polar surface area (TPSA) is 77.6 Å². The van der Waals surface area contributed by atoms with Gasteiger partial charge >= 0.3 is 5.97 Å². The summed E-state index contributed by atoms with van der Waals surface area (Å²) < 4.78 is 5.15. The van der Waals surface area contributed by atoms with Gasteiger partial charge in [-0.25, -0.2) is 4.79 Å². The van der Waals surface area contributed by atoms with Crippen molar-refractivity contribution in [1.29, 1.82) is 0 Å². The molecule has 0 aliphatic carbocycles. The van der Waals surface area contributed by atoms with Crippen molar-refractivity contribution in [3.63, 3.8) is 0 Å². The third-order valence-electron chi connectivity index (χ3n) is 3.56. The third kappa shape index (κ3) is 3.59. The fourth-order valence-electron chi connectivity index (χ4n) is 2.25. The van der Waals surface area contributed by atoms with Crippen LogP contribution in [0.1, 0.15) is 28.6 Å². The molecule has 0 radical (unpaired) electrons. The molecule has 0 aliphatic rings. The Morgan fingerprint density at radius 3 is 2.64 bits per heavy atom. The Bertz CT molecular complexity index is 936. The van der Waals surface area contributed by atoms with Crippen LogP contribution in [-0.4, -0.2) is 21.8 Å². The average molecular weight is 356 g/mol. The lowest BCUT2D eigenvalue weighted by molar-refractivity contribution is 0.0515. The molecule has 3 aromatic rings. The molecule has 7 heteroatoms. The Labute approximate surface area is 149 Å². The van der Waals surface area contributed by atoms with Crippen LogP contribution < -0.4 is 0 Å². The molecular formula is C18H14ClN3O3. The van der Waals surface area contributed by atoms with Gasteiger partial charge in [-0.15, -0.1) is 0 Å². The van der Waals surface area contributed by atoms with E-state index in [0.29, 0.717) is 27.8 Å². The van der Waals surface area contributed by atoms with Crippen LogP contribution in [0.5, 0.6) is 0 Å². The maximum absolute atomic E-state index is 12.5. The van der Waals surface area contributed by atoms with Gasteiger partial charge in [-0.1, -0.05) is 40.1 Å². The van der Waals surface area contributed by atoms with E-state index in [1.807, 2.05) is 0 Å². The van der Waals surface area contributed by atoms with Gasteiger partial charge in [-0.2, -0.15) is 0 Å². The summed E-state index contributed by atoms with van der Waals surface area (Å²) in [5, 5.41) is 8.28. The maximum Gasteiger partial charge on any atom is 0.371 e. The minimum Gasteiger partial charge on any atom is -0.360 e. The van der Waals surface area contributed by atoms with Crippen LogP contribution in [0.3, 0.4) is 0 Å². The number of carbonyl (C=O) groups is 1. The van der Waals surface area contributed by atoms with Crippen LogP contribution in [0.25, 0.3) is 11.3 Å². The number of benzene rings is 1. The van der Waals surface area contributed by atoms with Crippen LogP contribution in [0.4, 0.5) is 0 Å². The molecule has 0 fully saturated rings. The first-order valence-corrected chi connectivity index (χ1v) is 7.83. The summed E-state index contributed by atoms with van der Waals surface area (Å²) >= 11 is 6.18. The highest BCUT2D eigenvalue weighted by molar-refractivity contribution is 6.33. The van der Waals surface area contributed by atoms with E-state index in [9.17, 15) is 4.79 Å². The van der Waals surface area contributed by atoms with E-state index in [4.69, 9.17) is 21.0 Å². The van der Waals surface area contributed by atoms with Gasteiger partial charge in [-0.05, 0) is 32.0 Å². The molecule has 3 rings (SSSR count). The molecule has 126 valence electrons. The van der Waals surface area contributed by atoms with Crippen molar-refractivity contribution in [3.8, 4) is 11.3 Å². The summed E-state index contributed by atoms with van der Waals surface area (Å²) in [6, 6.07) is 10.6. The molecule has 0 atom stereocenters. The zero-order valence-corrected chi connectivity index (χ0v) is 14.3. The highest BCUT2D eigenvalue weighted by atomic mass is 35.5.